The summed E-state index contributed by atoms with van der Waals surface area (Å²) in [6.07, 6.45) is 0.928. The van der Waals surface area contributed by atoms with Gasteiger partial charge in [-0.05, 0) is 26.0 Å². The summed E-state index contributed by atoms with van der Waals surface area (Å²) >= 11 is 1.70. The highest BCUT2D eigenvalue weighted by Gasteiger charge is 1.99. The predicted molar refractivity (Wildman–Crippen MR) is 77.4 cm³/mol. The molecule has 5 heteroatoms. The molecule has 0 aliphatic carbocycles. The second-order valence-corrected chi connectivity index (χ2v) is 5.04. The van der Waals surface area contributed by atoms with Crippen LogP contribution in [0.15, 0.2) is 23.6 Å². The highest BCUT2D eigenvalue weighted by molar-refractivity contribution is 7.09. The molecule has 0 saturated carbocycles. The summed E-state index contributed by atoms with van der Waals surface area (Å²) in [5, 5.41) is 9.75. The Morgan fingerprint density at radius 2 is 1.94 bits per heavy atom. The van der Waals surface area contributed by atoms with Gasteiger partial charge >= 0.3 is 0 Å². The van der Waals surface area contributed by atoms with E-state index in [0.717, 1.165) is 41.8 Å². The first-order chi connectivity index (χ1) is 8.78. The predicted octanol–water partition coefficient (Wildman–Crippen LogP) is 2.93. The summed E-state index contributed by atoms with van der Waals surface area (Å²) in [5.74, 6) is 1.81. The van der Waals surface area contributed by atoms with Gasteiger partial charge in [-0.25, -0.2) is 9.97 Å². The molecule has 2 aromatic rings. The van der Waals surface area contributed by atoms with Crippen LogP contribution in [0.25, 0.3) is 0 Å². The van der Waals surface area contributed by atoms with E-state index in [1.54, 1.807) is 11.3 Å². The molecule has 4 nitrogen and oxygen atoms in total. The number of nitrogens with zero attached hydrogens (tertiary/aromatic N) is 2. The van der Waals surface area contributed by atoms with E-state index >= 15 is 0 Å². The lowest BCUT2D eigenvalue weighted by molar-refractivity contribution is 0.960. The van der Waals surface area contributed by atoms with Crippen molar-refractivity contribution in [2.24, 2.45) is 0 Å². The Morgan fingerprint density at radius 1 is 1.17 bits per heavy atom. The zero-order valence-corrected chi connectivity index (χ0v) is 11.5. The molecule has 0 amide bonds. The fraction of sp³-hybridized carbons (Fsp3) is 0.385. The number of nitrogens with one attached hydrogen (secondary N) is 2. The number of aryl methyl sites for hydroxylation is 1. The van der Waals surface area contributed by atoms with Crippen molar-refractivity contribution in [2.75, 3.05) is 23.7 Å². The standard InChI is InChI=1S/C13H18N4S/c1-3-14-12-5-4-6-13(17-12)15-8-7-11-9-18-10(2)16-11/h4-6,9H,3,7-8H2,1-2H3,(H2,14,15,17). The van der Waals surface area contributed by atoms with Gasteiger partial charge in [-0.1, -0.05) is 6.07 Å². The van der Waals surface area contributed by atoms with Gasteiger partial charge in [-0.2, -0.15) is 0 Å². The van der Waals surface area contributed by atoms with Gasteiger partial charge in [0.15, 0.2) is 0 Å². The van der Waals surface area contributed by atoms with Gasteiger partial charge in [0.05, 0.1) is 10.7 Å². The molecule has 2 N–H and O–H groups in total. The monoisotopic (exact) mass is 262 g/mol. The van der Waals surface area contributed by atoms with E-state index < -0.39 is 0 Å². The first-order valence-electron chi connectivity index (χ1n) is 6.13. The number of pyridine rings is 1. The van der Waals surface area contributed by atoms with Gasteiger partial charge in [0.2, 0.25) is 0 Å². The van der Waals surface area contributed by atoms with Crippen LogP contribution < -0.4 is 10.6 Å². The van der Waals surface area contributed by atoms with Crippen LogP contribution in [0, 0.1) is 6.92 Å². The van der Waals surface area contributed by atoms with Gasteiger partial charge in [0.25, 0.3) is 0 Å². The van der Waals surface area contributed by atoms with E-state index in [9.17, 15) is 0 Å². The lowest BCUT2D eigenvalue weighted by Gasteiger charge is -2.07. The van der Waals surface area contributed by atoms with Crippen LogP contribution in [0.1, 0.15) is 17.6 Å². The van der Waals surface area contributed by atoms with Crippen LogP contribution in [0.3, 0.4) is 0 Å². The van der Waals surface area contributed by atoms with E-state index in [2.05, 4.69) is 32.9 Å². The molecule has 2 heterocycles. The third kappa shape index (κ3) is 3.70. The summed E-state index contributed by atoms with van der Waals surface area (Å²) in [6.45, 7) is 5.83. The smallest absolute Gasteiger partial charge is 0.128 e. The molecule has 0 aromatic carbocycles. The molecule has 0 aliphatic heterocycles. The largest absolute Gasteiger partial charge is 0.370 e. The molecular weight excluding hydrogens is 244 g/mol. The quantitative estimate of drug-likeness (QED) is 0.840. The summed E-state index contributed by atoms with van der Waals surface area (Å²) in [5.41, 5.74) is 1.15. The average Bonchev–Trinajstić information content (AvgIpc) is 2.76. The van der Waals surface area contributed by atoms with Crippen LogP contribution in [-0.2, 0) is 6.42 Å². The third-order valence-electron chi connectivity index (χ3n) is 2.46. The highest BCUT2D eigenvalue weighted by Crippen LogP contribution is 2.11. The molecule has 0 atom stereocenters. The Labute approximate surface area is 111 Å². The van der Waals surface area contributed by atoms with Crippen molar-refractivity contribution in [3.8, 4) is 0 Å². The van der Waals surface area contributed by atoms with E-state index in [1.165, 1.54) is 0 Å². The van der Waals surface area contributed by atoms with E-state index in [4.69, 9.17) is 0 Å². The van der Waals surface area contributed by atoms with E-state index in [-0.39, 0.29) is 0 Å². The fourth-order valence-corrected chi connectivity index (χ4v) is 2.30. The van der Waals surface area contributed by atoms with Crippen LogP contribution in [0.2, 0.25) is 0 Å². The van der Waals surface area contributed by atoms with Crippen LogP contribution in [-0.4, -0.2) is 23.1 Å². The molecule has 0 fully saturated rings. The number of anilines is 2. The lowest BCUT2D eigenvalue weighted by Crippen LogP contribution is -2.08. The van der Waals surface area contributed by atoms with Crippen LogP contribution in [0.4, 0.5) is 11.6 Å². The minimum absolute atomic E-state index is 0.853. The molecule has 0 saturated heterocycles. The number of thiazole rings is 1. The normalized spacial score (nSPS) is 10.3. The number of hydrogen-bond acceptors (Lipinski definition) is 5. The van der Waals surface area contributed by atoms with Gasteiger partial charge in [-0.15, -0.1) is 11.3 Å². The summed E-state index contributed by atoms with van der Waals surface area (Å²) in [6, 6.07) is 5.95. The molecule has 96 valence electrons. The van der Waals surface area contributed by atoms with Crippen molar-refractivity contribution in [3.05, 3.63) is 34.3 Å². The zero-order chi connectivity index (χ0) is 12.8. The van der Waals surface area contributed by atoms with Gasteiger partial charge in [0.1, 0.15) is 11.6 Å². The summed E-state index contributed by atoms with van der Waals surface area (Å²) < 4.78 is 0. The molecule has 2 aromatic heterocycles. The minimum Gasteiger partial charge on any atom is -0.370 e. The first-order valence-corrected chi connectivity index (χ1v) is 7.01. The number of rotatable bonds is 6. The maximum atomic E-state index is 4.46. The highest BCUT2D eigenvalue weighted by atomic mass is 32.1. The maximum absolute atomic E-state index is 4.46. The van der Waals surface area contributed by atoms with Gasteiger partial charge < -0.3 is 10.6 Å². The van der Waals surface area contributed by atoms with Crippen molar-refractivity contribution in [1.29, 1.82) is 0 Å². The Hall–Kier alpha value is -1.62. The Morgan fingerprint density at radius 3 is 2.61 bits per heavy atom. The van der Waals surface area contributed by atoms with Crippen LogP contribution in [0.5, 0.6) is 0 Å². The molecular formula is C13H18N4S. The molecule has 0 radical (unpaired) electrons. The molecule has 18 heavy (non-hydrogen) atoms. The second kappa shape index (κ2) is 6.35. The SMILES string of the molecule is CCNc1cccc(NCCc2csc(C)n2)n1. The molecule has 0 aliphatic rings. The Kier molecular flexibility index (Phi) is 4.52. The molecule has 0 unspecified atom stereocenters. The first kappa shape index (κ1) is 12.8. The summed E-state index contributed by atoms with van der Waals surface area (Å²) in [7, 11) is 0. The van der Waals surface area contributed by atoms with Gasteiger partial charge in [0, 0.05) is 24.9 Å². The van der Waals surface area contributed by atoms with Crippen molar-refractivity contribution >= 4 is 23.0 Å². The number of hydrogen-bond donors (Lipinski definition) is 2. The van der Waals surface area contributed by atoms with Crippen molar-refractivity contribution in [3.63, 3.8) is 0 Å². The average molecular weight is 262 g/mol. The minimum atomic E-state index is 0.853. The Balaban J connectivity index is 1.84. The van der Waals surface area contributed by atoms with Crippen LogP contribution >= 0.6 is 11.3 Å². The molecule has 2 rings (SSSR count). The topological polar surface area (TPSA) is 49.8 Å². The van der Waals surface area contributed by atoms with E-state index in [0.29, 0.717) is 0 Å². The van der Waals surface area contributed by atoms with Crippen molar-refractivity contribution in [1.82, 2.24) is 9.97 Å². The second-order valence-electron chi connectivity index (χ2n) is 3.97. The molecule has 0 bridgehead atoms. The van der Waals surface area contributed by atoms with Crippen molar-refractivity contribution in [2.45, 2.75) is 20.3 Å². The zero-order valence-electron chi connectivity index (χ0n) is 10.7. The molecule has 0 spiro atoms. The summed E-state index contributed by atoms with van der Waals surface area (Å²) in [4.78, 5) is 8.89. The third-order valence-corrected chi connectivity index (χ3v) is 3.28. The lowest BCUT2D eigenvalue weighted by atomic mass is 10.3. The Bertz CT molecular complexity index is 495. The fourth-order valence-electron chi connectivity index (χ4n) is 1.65. The maximum Gasteiger partial charge on any atom is 0.128 e. The van der Waals surface area contributed by atoms with E-state index in [1.807, 2.05) is 25.1 Å². The van der Waals surface area contributed by atoms with Crippen molar-refractivity contribution < 1.29 is 0 Å². The van der Waals surface area contributed by atoms with Gasteiger partial charge in [-0.3, -0.25) is 0 Å². The number of aromatic nitrogens is 2.